The average molecular weight is 563 g/mol. The third-order valence-electron chi connectivity index (χ3n) is 8.00. The SMILES string of the molecule is NC(=O)C1C(=O)C[C@@H]2C[C@@H]3Cc4c(C=Cc5c(F)c(F)c(F)c(F)c5F)ccc(O)c4C(=O)C3C(=O)[C@]2(O)C1=O. The minimum Gasteiger partial charge on any atom is -0.507 e. The van der Waals surface area contributed by atoms with Crippen molar-refractivity contribution >= 4 is 41.2 Å². The van der Waals surface area contributed by atoms with Gasteiger partial charge in [-0.2, -0.15) is 0 Å². The van der Waals surface area contributed by atoms with Crippen LogP contribution in [0.3, 0.4) is 0 Å². The molecule has 5 atom stereocenters. The fraction of sp³-hybridized carbons (Fsp3) is 0.296. The summed E-state index contributed by atoms with van der Waals surface area (Å²) in [4.78, 5) is 64.0. The molecule has 2 aromatic carbocycles. The predicted molar refractivity (Wildman–Crippen MR) is 124 cm³/mol. The number of phenols is 1. The highest BCUT2D eigenvalue weighted by molar-refractivity contribution is 6.31. The summed E-state index contributed by atoms with van der Waals surface area (Å²) >= 11 is 0. The van der Waals surface area contributed by atoms with Crippen LogP contribution in [0.5, 0.6) is 5.75 Å². The van der Waals surface area contributed by atoms with E-state index in [0.29, 0.717) is 6.08 Å². The molecule has 4 N–H and O–H groups in total. The van der Waals surface area contributed by atoms with Crippen LogP contribution in [-0.2, 0) is 25.6 Å². The average Bonchev–Trinajstić information content (AvgIpc) is 2.89. The Morgan fingerprint density at radius 1 is 0.900 bits per heavy atom. The maximum atomic E-state index is 14.2. The van der Waals surface area contributed by atoms with Gasteiger partial charge in [0.25, 0.3) is 0 Å². The lowest BCUT2D eigenvalue weighted by molar-refractivity contribution is -0.175. The zero-order valence-electron chi connectivity index (χ0n) is 20.1. The number of phenolic OH excluding ortho intramolecular Hbond substituents is 1. The van der Waals surface area contributed by atoms with Crippen LogP contribution in [0.2, 0.25) is 0 Å². The van der Waals surface area contributed by atoms with E-state index in [4.69, 9.17) is 5.73 Å². The van der Waals surface area contributed by atoms with E-state index in [1.807, 2.05) is 0 Å². The minimum absolute atomic E-state index is 0.0430. The molecule has 0 heterocycles. The van der Waals surface area contributed by atoms with E-state index in [9.17, 15) is 56.1 Å². The maximum absolute atomic E-state index is 14.2. The van der Waals surface area contributed by atoms with Gasteiger partial charge < -0.3 is 15.9 Å². The van der Waals surface area contributed by atoms with Crippen molar-refractivity contribution < 1.29 is 56.1 Å². The second kappa shape index (κ2) is 9.15. The molecule has 0 saturated heterocycles. The Balaban J connectivity index is 1.57. The number of carbonyl (C=O) groups excluding carboxylic acids is 5. The molecule has 2 unspecified atom stereocenters. The molecule has 208 valence electrons. The number of fused-ring (bicyclic) bond motifs is 3. The van der Waals surface area contributed by atoms with Crippen molar-refractivity contribution in [3.05, 3.63) is 63.5 Å². The van der Waals surface area contributed by atoms with E-state index in [1.165, 1.54) is 6.07 Å². The molecule has 5 rings (SSSR count). The lowest BCUT2D eigenvalue weighted by Gasteiger charge is -2.48. The van der Waals surface area contributed by atoms with Gasteiger partial charge in [0.1, 0.15) is 5.75 Å². The summed E-state index contributed by atoms with van der Waals surface area (Å²) < 4.78 is 68.9. The molecule has 13 heteroatoms. The van der Waals surface area contributed by atoms with E-state index in [1.54, 1.807) is 0 Å². The Hall–Kier alpha value is -4.26. The Morgan fingerprint density at radius 3 is 2.10 bits per heavy atom. The van der Waals surface area contributed by atoms with Gasteiger partial charge in [-0.15, -0.1) is 0 Å². The van der Waals surface area contributed by atoms with Gasteiger partial charge in [0.05, 0.1) is 17.0 Å². The van der Waals surface area contributed by atoms with Crippen LogP contribution >= 0.6 is 0 Å². The van der Waals surface area contributed by atoms with Crippen LogP contribution in [0.25, 0.3) is 12.2 Å². The lowest BCUT2D eigenvalue weighted by atomic mass is 9.53. The highest BCUT2D eigenvalue weighted by atomic mass is 19.2. The smallest absolute Gasteiger partial charge is 0.235 e. The van der Waals surface area contributed by atoms with E-state index >= 15 is 0 Å². The number of carbonyl (C=O) groups is 5. The zero-order chi connectivity index (χ0) is 29.4. The Morgan fingerprint density at radius 2 is 1.50 bits per heavy atom. The molecule has 0 spiro atoms. The number of halogens is 5. The number of ketones is 4. The fourth-order valence-corrected chi connectivity index (χ4v) is 6.09. The minimum atomic E-state index is -2.83. The summed E-state index contributed by atoms with van der Waals surface area (Å²) in [5.74, 6) is -23.2. The van der Waals surface area contributed by atoms with Gasteiger partial charge in [-0.05, 0) is 42.0 Å². The van der Waals surface area contributed by atoms with Crippen molar-refractivity contribution in [2.45, 2.75) is 24.9 Å². The zero-order valence-corrected chi connectivity index (χ0v) is 20.1. The van der Waals surface area contributed by atoms with Crippen molar-refractivity contribution in [1.29, 1.82) is 0 Å². The summed E-state index contributed by atoms with van der Waals surface area (Å²) in [6.45, 7) is 0. The van der Waals surface area contributed by atoms with Gasteiger partial charge in [-0.3, -0.25) is 24.0 Å². The van der Waals surface area contributed by atoms with Crippen molar-refractivity contribution in [1.82, 2.24) is 0 Å². The summed E-state index contributed by atoms with van der Waals surface area (Å²) in [5.41, 5.74) is 0.765. The highest BCUT2D eigenvalue weighted by Gasteiger charge is 2.66. The summed E-state index contributed by atoms with van der Waals surface area (Å²) in [5, 5.41) is 21.6. The van der Waals surface area contributed by atoms with Gasteiger partial charge in [-0.1, -0.05) is 12.1 Å². The number of benzene rings is 2. The van der Waals surface area contributed by atoms with E-state index in [-0.39, 0.29) is 24.0 Å². The molecular weight excluding hydrogens is 545 g/mol. The molecule has 0 bridgehead atoms. The van der Waals surface area contributed by atoms with Gasteiger partial charge in [0, 0.05) is 12.3 Å². The molecule has 0 aliphatic heterocycles. The molecule has 3 aliphatic carbocycles. The number of amides is 1. The van der Waals surface area contributed by atoms with Gasteiger partial charge in [-0.25, -0.2) is 22.0 Å². The van der Waals surface area contributed by atoms with E-state index in [2.05, 4.69) is 0 Å². The first-order chi connectivity index (χ1) is 18.7. The number of nitrogens with two attached hydrogens (primary N) is 1. The van der Waals surface area contributed by atoms with Gasteiger partial charge >= 0.3 is 0 Å². The normalized spacial score (nSPS) is 27.9. The molecule has 3 aliphatic rings. The number of Topliss-reactive ketones (excluding diaryl/α,β-unsaturated/α-hetero) is 4. The fourth-order valence-electron chi connectivity index (χ4n) is 6.09. The number of aliphatic hydroxyl groups is 1. The van der Waals surface area contributed by atoms with Crippen molar-refractivity contribution in [3.8, 4) is 5.75 Å². The molecule has 40 heavy (non-hydrogen) atoms. The number of aromatic hydroxyl groups is 1. The van der Waals surface area contributed by atoms with Crippen LogP contribution in [0.15, 0.2) is 12.1 Å². The monoisotopic (exact) mass is 563 g/mol. The Bertz CT molecular complexity index is 1570. The third kappa shape index (κ3) is 3.64. The Kier molecular flexibility index (Phi) is 6.25. The van der Waals surface area contributed by atoms with Crippen LogP contribution in [-0.4, -0.2) is 44.9 Å². The first kappa shape index (κ1) is 27.3. The molecule has 0 aromatic heterocycles. The molecule has 0 radical (unpaired) electrons. The molecule has 2 aromatic rings. The first-order valence-electron chi connectivity index (χ1n) is 11.9. The van der Waals surface area contributed by atoms with Gasteiger partial charge in [0.15, 0.2) is 57.9 Å². The maximum Gasteiger partial charge on any atom is 0.235 e. The number of hydrogen-bond donors (Lipinski definition) is 3. The quantitative estimate of drug-likeness (QED) is 0.170. The molecule has 8 nitrogen and oxygen atoms in total. The second-order valence-corrected chi connectivity index (χ2v) is 10.1. The topological polar surface area (TPSA) is 152 Å². The lowest BCUT2D eigenvalue weighted by Crippen LogP contribution is -2.68. The van der Waals surface area contributed by atoms with E-state index in [0.717, 1.165) is 12.1 Å². The number of rotatable bonds is 3. The predicted octanol–water partition coefficient (Wildman–Crippen LogP) is 2.19. The highest BCUT2D eigenvalue weighted by Crippen LogP contribution is 2.50. The van der Waals surface area contributed by atoms with Crippen LogP contribution < -0.4 is 5.73 Å². The van der Waals surface area contributed by atoms with Crippen molar-refractivity contribution in [3.63, 3.8) is 0 Å². The van der Waals surface area contributed by atoms with Gasteiger partial charge in [0.2, 0.25) is 11.7 Å². The van der Waals surface area contributed by atoms with Crippen LogP contribution in [0, 0.1) is 52.8 Å². The Labute approximate surface area is 221 Å². The third-order valence-corrected chi connectivity index (χ3v) is 8.00. The molecule has 1 amide bonds. The van der Waals surface area contributed by atoms with Crippen molar-refractivity contribution in [2.75, 3.05) is 0 Å². The standard InChI is InChI=1S/C27H18F5NO7/c28-18-11(19(29)21(31)22(32)20(18)30)3-1-8-2-4-13(34)16-12(8)6-9-5-10-7-14(35)17(26(33)39)25(38)27(10,40)24(37)15(9)23(16)36/h1-4,9-10,15,17,34,40H,5-7H2,(H2,33,39)/t9-,10+,15?,17?,27+/m1/s1. The molecule has 2 fully saturated rings. The summed E-state index contributed by atoms with van der Waals surface area (Å²) in [6.07, 6.45) is 0.677. The molecular formula is C27H18F5NO7. The second-order valence-electron chi connectivity index (χ2n) is 10.1. The molecule has 2 saturated carbocycles. The largest absolute Gasteiger partial charge is 0.507 e. The van der Waals surface area contributed by atoms with Crippen LogP contribution in [0.1, 0.15) is 39.9 Å². The van der Waals surface area contributed by atoms with Crippen molar-refractivity contribution in [2.24, 2.45) is 29.4 Å². The summed E-state index contributed by atoms with van der Waals surface area (Å²) in [7, 11) is 0. The van der Waals surface area contributed by atoms with Crippen LogP contribution in [0.4, 0.5) is 22.0 Å². The summed E-state index contributed by atoms with van der Waals surface area (Å²) in [6, 6.07) is 2.23. The number of primary amides is 1. The first-order valence-corrected chi connectivity index (χ1v) is 11.9. The van der Waals surface area contributed by atoms with E-state index < -0.39 is 111 Å². The number of hydrogen-bond acceptors (Lipinski definition) is 7.